The minimum atomic E-state index is -0.352. The highest BCUT2D eigenvalue weighted by atomic mass is 79.9. The summed E-state index contributed by atoms with van der Waals surface area (Å²) in [4.78, 5) is 26.0. The maximum absolute atomic E-state index is 12.5. The Labute approximate surface area is 131 Å². The van der Waals surface area contributed by atoms with Gasteiger partial charge in [-0.3, -0.25) is 14.5 Å². The van der Waals surface area contributed by atoms with Crippen LogP contribution < -0.4 is 0 Å². The van der Waals surface area contributed by atoms with E-state index in [1.54, 1.807) is 0 Å². The lowest BCUT2D eigenvalue weighted by Crippen LogP contribution is -2.29. The van der Waals surface area contributed by atoms with E-state index in [0.717, 1.165) is 15.6 Å². The van der Waals surface area contributed by atoms with Gasteiger partial charge in [-0.1, -0.05) is 58.4 Å². The molecule has 1 fully saturated rings. The van der Waals surface area contributed by atoms with Crippen LogP contribution in [0, 0.1) is 0 Å². The standard InChI is InChI=1S/C17H14BrNO2/c18-14-8-6-13(7-9-14)15-10-16(20)19(17(15)21)11-12-4-2-1-3-5-12/h1-9,15H,10-11H2/t15-/m1/s1. The van der Waals surface area contributed by atoms with E-state index < -0.39 is 0 Å². The molecule has 1 aliphatic heterocycles. The van der Waals surface area contributed by atoms with Gasteiger partial charge in [0.25, 0.3) is 0 Å². The highest BCUT2D eigenvalue weighted by Crippen LogP contribution is 2.31. The van der Waals surface area contributed by atoms with Crippen molar-refractivity contribution < 1.29 is 9.59 Å². The van der Waals surface area contributed by atoms with Gasteiger partial charge in [0, 0.05) is 10.9 Å². The number of halogens is 1. The summed E-state index contributed by atoms with van der Waals surface area (Å²) in [5.74, 6) is -0.558. The van der Waals surface area contributed by atoms with Crippen LogP contribution >= 0.6 is 15.9 Å². The highest BCUT2D eigenvalue weighted by Gasteiger charge is 2.39. The zero-order valence-electron chi connectivity index (χ0n) is 11.3. The molecule has 0 radical (unpaired) electrons. The molecule has 2 aromatic rings. The second kappa shape index (κ2) is 5.82. The normalized spacial score (nSPS) is 18.3. The fourth-order valence-electron chi connectivity index (χ4n) is 2.57. The second-order valence-corrected chi connectivity index (χ2v) is 6.03. The summed E-state index contributed by atoms with van der Waals surface area (Å²) in [6.07, 6.45) is 0.257. The first-order valence-corrected chi connectivity index (χ1v) is 7.58. The lowest BCUT2D eigenvalue weighted by atomic mass is 9.98. The van der Waals surface area contributed by atoms with Crippen molar-refractivity contribution in [2.24, 2.45) is 0 Å². The topological polar surface area (TPSA) is 37.4 Å². The molecule has 4 heteroatoms. The fourth-order valence-corrected chi connectivity index (χ4v) is 2.84. The van der Waals surface area contributed by atoms with E-state index in [4.69, 9.17) is 0 Å². The van der Waals surface area contributed by atoms with Gasteiger partial charge in [0.2, 0.25) is 11.8 Å². The summed E-state index contributed by atoms with van der Waals surface area (Å²) in [7, 11) is 0. The van der Waals surface area contributed by atoms with Crippen LogP contribution in [-0.2, 0) is 16.1 Å². The molecular weight excluding hydrogens is 330 g/mol. The zero-order valence-corrected chi connectivity index (χ0v) is 12.9. The lowest BCUT2D eigenvalue weighted by molar-refractivity contribution is -0.139. The van der Waals surface area contributed by atoms with Gasteiger partial charge in [-0.15, -0.1) is 0 Å². The number of benzene rings is 2. The van der Waals surface area contributed by atoms with Crippen molar-refractivity contribution >= 4 is 27.7 Å². The van der Waals surface area contributed by atoms with Crippen LogP contribution in [-0.4, -0.2) is 16.7 Å². The first-order chi connectivity index (χ1) is 10.1. The summed E-state index contributed by atoms with van der Waals surface area (Å²) in [6, 6.07) is 17.2. The summed E-state index contributed by atoms with van der Waals surface area (Å²) in [5.41, 5.74) is 1.86. The van der Waals surface area contributed by atoms with Crippen molar-refractivity contribution in [3.63, 3.8) is 0 Å². The molecule has 21 heavy (non-hydrogen) atoms. The molecule has 0 aromatic heterocycles. The molecule has 106 valence electrons. The van der Waals surface area contributed by atoms with Gasteiger partial charge < -0.3 is 0 Å². The number of nitrogens with zero attached hydrogens (tertiary/aromatic N) is 1. The third-order valence-corrected chi connectivity index (χ3v) is 4.23. The first-order valence-electron chi connectivity index (χ1n) is 6.79. The smallest absolute Gasteiger partial charge is 0.237 e. The van der Waals surface area contributed by atoms with Crippen LogP contribution in [0.4, 0.5) is 0 Å². The van der Waals surface area contributed by atoms with Crippen molar-refractivity contribution in [3.05, 3.63) is 70.2 Å². The average molecular weight is 344 g/mol. The molecule has 0 aliphatic carbocycles. The number of likely N-dealkylation sites (tertiary alicyclic amines) is 1. The van der Waals surface area contributed by atoms with Crippen molar-refractivity contribution in [1.29, 1.82) is 0 Å². The first kappa shape index (κ1) is 14.0. The Morgan fingerprint density at radius 3 is 2.33 bits per heavy atom. The number of amides is 2. The summed E-state index contributed by atoms with van der Waals surface area (Å²) in [5, 5.41) is 0. The highest BCUT2D eigenvalue weighted by molar-refractivity contribution is 9.10. The van der Waals surface area contributed by atoms with Gasteiger partial charge in [0.05, 0.1) is 12.5 Å². The predicted octanol–water partition coefficient (Wildman–Crippen LogP) is 3.49. The maximum Gasteiger partial charge on any atom is 0.237 e. The third-order valence-electron chi connectivity index (χ3n) is 3.70. The van der Waals surface area contributed by atoms with Crippen molar-refractivity contribution in [2.75, 3.05) is 0 Å². The average Bonchev–Trinajstić information content (AvgIpc) is 2.77. The van der Waals surface area contributed by atoms with Crippen molar-refractivity contribution in [3.8, 4) is 0 Å². The molecule has 1 aliphatic rings. The molecule has 0 saturated carbocycles. The molecule has 0 spiro atoms. The fraction of sp³-hybridized carbons (Fsp3) is 0.176. The number of imide groups is 1. The van der Waals surface area contributed by atoms with Gasteiger partial charge in [-0.2, -0.15) is 0 Å². The minimum absolute atomic E-state index is 0.100. The minimum Gasteiger partial charge on any atom is -0.278 e. The van der Waals surface area contributed by atoms with Crippen LogP contribution in [0.25, 0.3) is 0 Å². The van der Waals surface area contributed by atoms with Crippen LogP contribution in [0.2, 0.25) is 0 Å². The van der Waals surface area contributed by atoms with Crippen molar-refractivity contribution in [1.82, 2.24) is 4.90 Å². The van der Waals surface area contributed by atoms with E-state index in [0.29, 0.717) is 6.54 Å². The molecule has 1 heterocycles. The zero-order chi connectivity index (χ0) is 14.8. The van der Waals surface area contributed by atoms with E-state index in [9.17, 15) is 9.59 Å². The van der Waals surface area contributed by atoms with Gasteiger partial charge in [-0.05, 0) is 23.3 Å². The lowest BCUT2D eigenvalue weighted by Gasteiger charge is -2.15. The molecular formula is C17H14BrNO2. The van der Waals surface area contributed by atoms with E-state index in [1.165, 1.54) is 4.90 Å². The van der Waals surface area contributed by atoms with E-state index >= 15 is 0 Å². The number of carbonyl (C=O) groups excluding carboxylic acids is 2. The van der Waals surface area contributed by atoms with E-state index in [1.807, 2.05) is 54.6 Å². The number of hydrogen-bond acceptors (Lipinski definition) is 2. The van der Waals surface area contributed by atoms with E-state index in [-0.39, 0.29) is 24.2 Å². The summed E-state index contributed by atoms with van der Waals surface area (Å²) in [6.45, 7) is 0.353. The Balaban J connectivity index is 1.80. The van der Waals surface area contributed by atoms with Crippen LogP contribution in [0.15, 0.2) is 59.1 Å². The Kier molecular flexibility index (Phi) is 3.88. The molecule has 2 aromatic carbocycles. The quantitative estimate of drug-likeness (QED) is 0.800. The van der Waals surface area contributed by atoms with Gasteiger partial charge >= 0.3 is 0 Å². The van der Waals surface area contributed by atoms with Gasteiger partial charge in [-0.25, -0.2) is 0 Å². The van der Waals surface area contributed by atoms with Gasteiger partial charge in [0.15, 0.2) is 0 Å². The molecule has 3 nitrogen and oxygen atoms in total. The third kappa shape index (κ3) is 2.90. The van der Waals surface area contributed by atoms with Crippen LogP contribution in [0.1, 0.15) is 23.5 Å². The van der Waals surface area contributed by atoms with Crippen LogP contribution in [0.3, 0.4) is 0 Å². The summed E-state index contributed by atoms with van der Waals surface area (Å²) >= 11 is 3.37. The number of carbonyl (C=O) groups is 2. The molecule has 0 bridgehead atoms. The Bertz CT molecular complexity index is 667. The predicted molar refractivity (Wildman–Crippen MR) is 83.5 cm³/mol. The number of hydrogen-bond donors (Lipinski definition) is 0. The summed E-state index contributed by atoms with van der Waals surface area (Å²) < 4.78 is 0.962. The van der Waals surface area contributed by atoms with Crippen molar-refractivity contribution in [2.45, 2.75) is 18.9 Å². The maximum atomic E-state index is 12.5. The Morgan fingerprint density at radius 2 is 1.67 bits per heavy atom. The molecule has 1 saturated heterocycles. The largest absolute Gasteiger partial charge is 0.278 e. The molecule has 1 atom stereocenters. The van der Waals surface area contributed by atoms with Crippen LogP contribution in [0.5, 0.6) is 0 Å². The SMILES string of the molecule is O=C1C[C@H](c2ccc(Br)cc2)C(=O)N1Cc1ccccc1. The Morgan fingerprint density at radius 1 is 1.00 bits per heavy atom. The molecule has 2 amide bonds. The van der Waals surface area contributed by atoms with E-state index in [2.05, 4.69) is 15.9 Å². The molecule has 0 N–H and O–H groups in total. The molecule has 3 rings (SSSR count). The monoisotopic (exact) mass is 343 g/mol. The Hall–Kier alpha value is -1.94. The molecule has 0 unspecified atom stereocenters. The van der Waals surface area contributed by atoms with Gasteiger partial charge in [0.1, 0.15) is 0 Å². The second-order valence-electron chi connectivity index (χ2n) is 5.11. The number of rotatable bonds is 3.